The normalized spacial score (nSPS) is 18.0. The lowest BCUT2D eigenvalue weighted by Crippen LogP contribution is -2.49. The molecule has 0 saturated heterocycles. The van der Waals surface area contributed by atoms with Crippen LogP contribution >= 0.6 is 12.2 Å². The van der Waals surface area contributed by atoms with Crippen LogP contribution in [0.4, 0.5) is 0 Å². The Kier molecular flexibility index (Phi) is 4.98. The number of hydrogen-bond donors (Lipinski definition) is 1. The second-order valence-electron chi connectivity index (χ2n) is 6.04. The van der Waals surface area contributed by atoms with Crippen LogP contribution in [0.2, 0.25) is 0 Å². The molecule has 1 heterocycles. The van der Waals surface area contributed by atoms with Gasteiger partial charge in [0.1, 0.15) is 0 Å². The largest absolute Gasteiger partial charge is 0.392 e. The van der Waals surface area contributed by atoms with E-state index in [1.807, 2.05) is 20.3 Å². The number of aromatic nitrogens is 2. The van der Waals surface area contributed by atoms with Crippen molar-refractivity contribution >= 4 is 23.1 Å². The highest BCUT2D eigenvalue weighted by Crippen LogP contribution is 2.37. The Bertz CT molecular complexity index is 517. The molecule has 0 unspecified atom stereocenters. The first kappa shape index (κ1) is 15.9. The van der Waals surface area contributed by atoms with E-state index in [1.54, 1.807) is 15.8 Å². The van der Waals surface area contributed by atoms with Gasteiger partial charge in [0.25, 0.3) is 0 Å². The van der Waals surface area contributed by atoms with E-state index in [0.29, 0.717) is 11.5 Å². The molecule has 1 saturated carbocycles. The second-order valence-corrected chi connectivity index (χ2v) is 6.48. The summed E-state index contributed by atoms with van der Waals surface area (Å²) in [6.07, 6.45) is 9.60. The SMILES string of the molecule is CN(Cc1cnn(C)c1)C(=O)C1(C(N)=S)CCCCCC1. The molecule has 21 heavy (non-hydrogen) atoms. The fraction of sp³-hybridized carbons (Fsp3) is 0.667. The minimum Gasteiger partial charge on any atom is -0.392 e. The number of nitrogens with zero attached hydrogens (tertiary/aromatic N) is 3. The summed E-state index contributed by atoms with van der Waals surface area (Å²) in [4.78, 5) is 15.0. The van der Waals surface area contributed by atoms with Crippen molar-refractivity contribution in [3.8, 4) is 0 Å². The third kappa shape index (κ3) is 3.43. The van der Waals surface area contributed by atoms with Crippen LogP contribution in [-0.4, -0.2) is 32.6 Å². The molecule has 1 fully saturated rings. The van der Waals surface area contributed by atoms with Crippen LogP contribution in [0.25, 0.3) is 0 Å². The Morgan fingerprint density at radius 3 is 2.52 bits per heavy atom. The van der Waals surface area contributed by atoms with Gasteiger partial charge in [-0.25, -0.2) is 0 Å². The Hall–Kier alpha value is -1.43. The van der Waals surface area contributed by atoms with Crippen molar-refractivity contribution in [3.05, 3.63) is 18.0 Å². The predicted octanol–water partition coefficient (Wildman–Crippen LogP) is 2.01. The van der Waals surface area contributed by atoms with Crippen molar-refractivity contribution in [1.82, 2.24) is 14.7 Å². The number of thiocarbonyl (C=S) groups is 1. The Morgan fingerprint density at radius 1 is 1.43 bits per heavy atom. The van der Waals surface area contributed by atoms with Crippen LogP contribution in [0.5, 0.6) is 0 Å². The van der Waals surface area contributed by atoms with Gasteiger partial charge in [-0.1, -0.05) is 37.9 Å². The fourth-order valence-corrected chi connectivity index (χ4v) is 3.45. The summed E-state index contributed by atoms with van der Waals surface area (Å²) in [5.41, 5.74) is 6.34. The highest BCUT2D eigenvalue weighted by atomic mass is 32.1. The number of carbonyl (C=O) groups excluding carboxylic acids is 1. The van der Waals surface area contributed by atoms with Crippen molar-refractivity contribution in [2.75, 3.05) is 7.05 Å². The summed E-state index contributed by atoms with van der Waals surface area (Å²) >= 11 is 5.27. The molecule has 0 bridgehead atoms. The molecular formula is C15H24N4OS. The highest BCUT2D eigenvalue weighted by molar-refractivity contribution is 7.80. The maximum Gasteiger partial charge on any atom is 0.235 e. The van der Waals surface area contributed by atoms with Crippen LogP contribution < -0.4 is 5.73 Å². The van der Waals surface area contributed by atoms with Crippen LogP contribution in [0.1, 0.15) is 44.1 Å². The van der Waals surface area contributed by atoms with Gasteiger partial charge < -0.3 is 10.6 Å². The van der Waals surface area contributed by atoms with Gasteiger partial charge >= 0.3 is 0 Å². The summed E-state index contributed by atoms with van der Waals surface area (Å²) in [6.45, 7) is 0.539. The lowest BCUT2D eigenvalue weighted by Gasteiger charge is -2.34. The molecule has 0 atom stereocenters. The van der Waals surface area contributed by atoms with Crippen LogP contribution in [0.3, 0.4) is 0 Å². The Balaban J connectivity index is 2.15. The van der Waals surface area contributed by atoms with Gasteiger partial charge in [0.15, 0.2) is 0 Å². The fourth-order valence-electron chi connectivity index (χ4n) is 3.16. The molecule has 1 aliphatic rings. The summed E-state index contributed by atoms with van der Waals surface area (Å²) in [5.74, 6) is 0.0563. The van der Waals surface area contributed by atoms with E-state index in [-0.39, 0.29) is 5.91 Å². The van der Waals surface area contributed by atoms with Gasteiger partial charge in [-0.15, -0.1) is 0 Å². The van der Waals surface area contributed by atoms with Gasteiger partial charge in [-0.3, -0.25) is 9.48 Å². The molecule has 5 nitrogen and oxygen atoms in total. The van der Waals surface area contributed by atoms with Crippen molar-refractivity contribution in [1.29, 1.82) is 0 Å². The molecule has 0 aliphatic heterocycles. The van der Waals surface area contributed by atoms with E-state index in [2.05, 4.69) is 5.10 Å². The van der Waals surface area contributed by atoms with Crippen molar-refractivity contribution in [2.45, 2.75) is 45.1 Å². The lowest BCUT2D eigenvalue weighted by atomic mass is 9.79. The molecule has 1 amide bonds. The van der Waals surface area contributed by atoms with Crippen molar-refractivity contribution < 1.29 is 4.79 Å². The monoisotopic (exact) mass is 308 g/mol. The summed E-state index contributed by atoms with van der Waals surface area (Å²) < 4.78 is 1.74. The smallest absolute Gasteiger partial charge is 0.235 e. The maximum atomic E-state index is 13.0. The van der Waals surface area contributed by atoms with E-state index < -0.39 is 5.41 Å². The third-order valence-corrected chi connectivity index (χ3v) is 4.75. The molecule has 1 aliphatic carbocycles. The molecule has 2 rings (SSSR count). The first-order chi connectivity index (χ1) is 9.95. The minimum absolute atomic E-state index is 0.0563. The summed E-state index contributed by atoms with van der Waals surface area (Å²) in [7, 11) is 3.69. The zero-order chi connectivity index (χ0) is 15.5. The average Bonchev–Trinajstić information content (AvgIpc) is 2.71. The molecule has 0 aromatic carbocycles. The zero-order valence-corrected chi connectivity index (χ0v) is 13.7. The van der Waals surface area contributed by atoms with Gasteiger partial charge in [0, 0.05) is 32.4 Å². The number of carbonyl (C=O) groups is 1. The minimum atomic E-state index is -0.650. The maximum absolute atomic E-state index is 13.0. The predicted molar refractivity (Wildman–Crippen MR) is 86.6 cm³/mol. The molecule has 6 heteroatoms. The Labute approximate surface area is 131 Å². The molecule has 1 aromatic heterocycles. The number of amides is 1. The first-order valence-corrected chi connectivity index (χ1v) is 7.89. The number of hydrogen-bond acceptors (Lipinski definition) is 3. The van der Waals surface area contributed by atoms with E-state index in [1.165, 1.54) is 0 Å². The van der Waals surface area contributed by atoms with Gasteiger partial charge in [-0.05, 0) is 12.8 Å². The van der Waals surface area contributed by atoms with Gasteiger partial charge in [0.2, 0.25) is 5.91 Å². The number of aryl methyl sites for hydroxylation is 1. The molecule has 0 radical (unpaired) electrons. The van der Waals surface area contributed by atoms with Crippen LogP contribution in [0, 0.1) is 5.41 Å². The van der Waals surface area contributed by atoms with E-state index in [4.69, 9.17) is 18.0 Å². The third-order valence-electron chi connectivity index (χ3n) is 4.36. The van der Waals surface area contributed by atoms with Gasteiger partial charge in [-0.2, -0.15) is 5.10 Å². The molecule has 0 spiro atoms. The highest BCUT2D eigenvalue weighted by Gasteiger charge is 2.43. The second kappa shape index (κ2) is 6.56. The van der Waals surface area contributed by atoms with Crippen LogP contribution in [-0.2, 0) is 18.4 Å². The molecule has 116 valence electrons. The van der Waals surface area contributed by atoms with Crippen molar-refractivity contribution in [3.63, 3.8) is 0 Å². The number of nitrogens with two attached hydrogens (primary N) is 1. The zero-order valence-electron chi connectivity index (χ0n) is 12.8. The van der Waals surface area contributed by atoms with Crippen molar-refractivity contribution in [2.24, 2.45) is 18.2 Å². The lowest BCUT2D eigenvalue weighted by molar-refractivity contribution is -0.138. The quantitative estimate of drug-likeness (QED) is 0.682. The number of rotatable bonds is 4. The average molecular weight is 308 g/mol. The molecular weight excluding hydrogens is 284 g/mol. The first-order valence-electron chi connectivity index (χ1n) is 7.49. The van der Waals surface area contributed by atoms with E-state index >= 15 is 0 Å². The standard InChI is InChI=1S/C15H24N4OS/c1-18(10-12-9-17-19(2)11-12)14(20)15(13(16)21)7-5-3-4-6-8-15/h9,11H,3-8,10H2,1-2H3,(H2,16,21). The van der Waals surface area contributed by atoms with E-state index in [0.717, 1.165) is 44.1 Å². The Morgan fingerprint density at radius 2 is 2.05 bits per heavy atom. The molecule has 2 N–H and O–H groups in total. The van der Waals surface area contributed by atoms with E-state index in [9.17, 15) is 4.79 Å². The molecule has 1 aromatic rings. The summed E-state index contributed by atoms with van der Waals surface area (Å²) in [6, 6.07) is 0. The summed E-state index contributed by atoms with van der Waals surface area (Å²) in [5, 5.41) is 4.14. The van der Waals surface area contributed by atoms with Crippen LogP contribution in [0.15, 0.2) is 12.4 Å². The van der Waals surface area contributed by atoms with Gasteiger partial charge in [0.05, 0.1) is 16.6 Å². The topological polar surface area (TPSA) is 64.2 Å².